The van der Waals surface area contributed by atoms with Crippen LogP contribution in [-0.4, -0.2) is 41.8 Å². The molecule has 0 radical (unpaired) electrons. The number of amides is 1. The summed E-state index contributed by atoms with van der Waals surface area (Å²) in [6.45, 7) is 6.02. The van der Waals surface area contributed by atoms with Crippen molar-refractivity contribution in [1.82, 2.24) is 4.90 Å². The largest absolute Gasteiger partial charge is 0.464 e. The predicted octanol–water partition coefficient (Wildman–Crippen LogP) is 4.47. The van der Waals surface area contributed by atoms with E-state index in [0.29, 0.717) is 48.7 Å². The highest BCUT2D eigenvalue weighted by Crippen LogP contribution is 2.26. The van der Waals surface area contributed by atoms with Crippen LogP contribution in [0, 0.1) is 5.41 Å². The van der Waals surface area contributed by atoms with Gasteiger partial charge in [0.25, 0.3) is 5.91 Å². The van der Waals surface area contributed by atoms with Crippen LogP contribution in [-0.2, 0) is 25.5 Å². The van der Waals surface area contributed by atoms with Gasteiger partial charge < -0.3 is 9.64 Å². The Morgan fingerprint density at radius 2 is 1.93 bits per heavy atom. The van der Waals surface area contributed by atoms with Crippen molar-refractivity contribution in [1.29, 1.82) is 0 Å². The molecule has 0 unspecified atom stereocenters. The number of carbonyl (C=O) groups is 3. The maximum absolute atomic E-state index is 12.6. The molecule has 1 aliphatic heterocycles. The van der Waals surface area contributed by atoms with Crippen molar-refractivity contribution in [2.24, 2.45) is 5.41 Å². The summed E-state index contributed by atoms with van der Waals surface area (Å²) in [7, 11) is 0. The van der Waals surface area contributed by atoms with Gasteiger partial charge in [0.1, 0.15) is 6.04 Å². The second kappa shape index (κ2) is 9.75. The van der Waals surface area contributed by atoms with Gasteiger partial charge in [-0.15, -0.1) is 0 Å². The van der Waals surface area contributed by atoms with E-state index in [4.69, 9.17) is 27.9 Å². The zero-order valence-electron chi connectivity index (χ0n) is 16.6. The van der Waals surface area contributed by atoms with Crippen molar-refractivity contribution >= 4 is 40.9 Å². The van der Waals surface area contributed by atoms with Crippen LogP contribution in [0.3, 0.4) is 0 Å². The summed E-state index contributed by atoms with van der Waals surface area (Å²) in [5.74, 6) is -1.47. The average Bonchev–Trinajstić information content (AvgIpc) is 3.16. The van der Waals surface area contributed by atoms with Gasteiger partial charge in [0.2, 0.25) is 5.78 Å². The quantitative estimate of drug-likeness (QED) is 0.348. The van der Waals surface area contributed by atoms with E-state index in [9.17, 15) is 14.4 Å². The molecule has 7 heteroatoms. The van der Waals surface area contributed by atoms with Gasteiger partial charge in [0, 0.05) is 12.0 Å². The summed E-state index contributed by atoms with van der Waals surface area (Å²) < 4.78 is 5.37. The lowest BCUT2D eigenvalue weighted by molar-refractivity contribution is -0.157. The lowest BCUT2D eigenvalue weighted by atomic mass is 9.84. The summed E-state index contributed by atoms with van der Waals surface area (Å²) >= 11 is 11.9. The molecule has 1 saturated heterocycles. The molecule has 2 rings (SSSR count). The standard InChI is InChI=1S/C21H27Cl2NO4/c1-4-21(2,3)18(25)19(26)24-11-5-8-17(24)20(27)28-12-6-7-14-9-10-15(22)16(23)13-14/h9-10,13,17H,4-8,11-12H2,1-3H3/t17-/m0/s1. The fourth-order valence-corrected chi connectivity index (χ4v) is 3.40. The van der Waals surface area contributed by atoms with E-state index >= 15 is 0 Å². The highest BCUT2D eigenvalue weighted by Gasteiger charge is 2.41. The lowest BCUT2D eigenvalue weighted by Gasteiger charge is -2.27. The van der Waals surface area contributed by atoms with E-state index < -0.39 is 29.1 Å². The van der Waals surface area contributed by atoms with Crippen LogP contribution in [0.4, 0.5) is 0 Å². The van der Waals surface area contributed by atoms with E-state index in [1.54, 1.807) is 26.0 Å². The minimum Gasteiger partial charge on any atom is -0.464 e. The molecule has 1 atom stereocenters. The highest BCUT2D eigenvalue weighted by atomic mass is 35.5. The number of rotatable bonds is 8. The van der Waals surface area contributed by atoms with Crippen molar-refractivity contribution in [3.8, 4) is 0 Å². The normalized spacial score (nSPS) is 16.9. The maximum Gasteiger partial charge on any atom is 0.328 e. The molecule has 154 valence electrons. The van der Waals surface area contributed by atoms with Gasteiger partial charge in [-0.2, -0.15) is 0 Å². The van der Waals surface area contributed by atoms with Gasteiger partial charge in [-0.05, 0) is 49.8 Å². The van der Waals surface area contributed by atoms with Crippen LogP contribution in [0.5, 0.6) is 0 Å². The number of hydrogen-bond acceptors (Lipinski definition) is 4. The maximum atomic E-state index is 12.6. The second-order valence-electron chi connectivity index (χ2n) is 7.74. The number of carbonyl (C=O) groups excluding carboxylic acids is 3. The Hall–Kier alpha value is -1.59. The van der Waals surface area contributed by atoms with E-state index in [2.05, 4.69) is 0 Å². The third kappa shape index (κ3) is 5.48. The Morgan fingerprint density at radius 1 is 1.21 bits per heavy atom. The first-order chi connectivity index (χ1) is 13.2. The molecule has 1 aromatic carbocycles. The van der Waals surface area contributed by atoms with Gasteiger partial charge in [0.15, 0.2) is 0 Å². The van der Waals surface area contributed by atoms with Gasteiger partial charge in [-0.3, -0.25) is 9.59 Å². The number of benzene rings is 1. The minimum absolute atomic E-state index is 0.242. The Morgan fingerprint density at radius 3 is 2.57 bits per heavy atom. The molecule has 5 nitrogen and oxygen atoms in total. The predicted molar refractivity (Wildman–Crippen MR) is 110 cm³/mol. The number of halogens is 2. The first kappa shape index (κ1) is 22.7. The molecule has 0 bridgehead atoms. The van der Waals surface area contributed by atoms with Crippen molar-refractivity contribution in [2.45, 2.75) is 58.9 Å². The van der Waals surface area contributed by atoms with Gasteiger partial charge in [-0.1, -0.05) is 50.0 Å². The smallest absolute Gasteiger partial charge is 0.328 e. The van der Waals surface area contributed by atoms with Crippen LogP contribution in [0.25, 0.3) is 0 Å². The fraction of sp³-hybridized carbons (Fsp3) is 0.571. The number of Topliss-reactive ketones (excluding diaryl/α,β-unsaturated/α-hetero) is 1. The van der Waals surface area contributed by atoms with Crippen molar-refractivity contribution in [2.75, 3.05) is 13.2 Å². The molecule has 1 aromatic rings. The third-order valence-corrected chi connectivity index (χ3v) is 6.06. The molecule has 0 N–H and O–H groups in total. The number of ketones is 1. The van der Waals surface area contributed by atoms with E-state index in [0.717, 1.165) is 5.56 Å². The highest BCUT2D eigenvalue weighted by molar-refractivity contribution is 6.42. The van der Waals surface area contributed by atoms with Gasteiger partial charge in [0.05, 0.1) is 16.7 Å². The van der Waals surface area contributed by atoms with Crippen LogP contribution < -0.4 is 0 Å². The zero-order valence-corrected chi connectivity index (χ0v) is 18.1. The molecule has 0 spiro atoms. The SMILES string of the molecule is CCC(C)(C)C(=O)C(=O)N1CCC[C@H]1C(=O)OCCCc1ccc(Cl)c(Cl)c1. The average molecular weight is 428 g/mol. The van der Waals surface area contributed by atoms with E-state index in [-0.39, 0.29) is 6.61 Å². The Bertz CT molecular complexity index is 748. The second-order valence-corrected chi connectivity index (χ2v) is 8.56. The minimum atomic E-state index is -0.728. The molecule has 1 amide bonds. The van der Waals surface area contributed by atoms with Crippen molar-refractivity contribution < 1.29 is 19.1 Å². The Kier molecular flexibility index (Phi) is 7.90. The summed E-state index contributed by atoms with van der Waals surface area (Å²) in [4.78, 5) is 38.9. The molecule has 0 aliphatic carbocycles. The summed E-state index contributed by atoms with van der Waals surface area (Å²) in [5.41, 5.74) is 0.282. The molecule has 1 heterocycles. The van der Waals surface area contributed by atoms with Crippen molar-refractivity contribution in [3.63, 3.8) is 0 Å². The summed E-state index contributed by atoms with van der Waals surface area (Å²) in [6, 6.07) is 4.75. The molecular formula is C21H27Cl2NO4. The molecular weight excluding hydrogens is 401 g/mol. The number of likely N-dealkylation sites (tertiary alicyclic amines) is 1. The number of ether oxygens (including phenoxy) is 1. The summed E-state index contributed by atoms with van der Waals surface area (Å²) in [5, 5.41) is 1.000. The van der Waals surface area contributed by atoms with Crippen LogP contribution >= 0.6 is 23.2 Å². The molecule has 1 fully saturated rings. The van der Waals surface area contributed by atoms with Crippen LogP contribution in [0.2, 0.25) is 10.0 Å². The number of hydrogen-bond donors (Lipinski definition) is 0. The topological polar surface area (TPSA) is 63.7 Å². The van der Waals surface area contributed by atoms with Crippen LogP contribution in [0.15, 0.2) is 18.2 Å². The first-order valence-corrected chi connectivity index (χ1v) is 10.4. The number of nitrogens with zero attached hydrogens (tertiary/aromatic N) is 1. The summed E-state index contributed by atoms with van der Waals surface area (Å²) in [6.07, 6.45) is 3.11. The monoisotopic (exact) mass is 427 g/mol. The fourth-order valence-electron chi connectivity index (χ4n) is 3.08. The zero-order chi connectivity index (χ0) is 20.9. The van der Waals surface area contributed by atoms with E-state index in [1.807, 2.05) is 13.0 Å². The first-order valence-electron chi connectivity index (χ1n) is 9.63. The Balaban J connectivity index is 1.86. The lowest BCUT2D eigenvalue weighted by Crippen LogP contribution is -2.48. The molecule has 0 saturated carbocycles. The van der Waals surface area contributed by atoms with Gasteiger partial charge in [-0.25, -0.2) is 4.79 Å². The number of aryl methyl sites for hydroxylation is 1. The van der Waals surface area contributed by atoms with Crippen molar-refractivity contribution in [3.05, 3.63) is 33.8 Å². The van der Waals surface area contributed by atoms with Gasteiger partial charge >= 0.3 is 5.97 Å². The molecule has 28 heavy (non-hydrogen) atoms. The number of esters is 1. The third-order valence-electron chi connectivity index (χ3n) is 5.32. The van der Waals surface area contributed by atoms with Crippen LogP contribution in [0.1, 0.15) is 52.0 Å². The van der Waals surface area contributed by atoms with E-state index in [1.165, 1.54) is 4.90 Å². The molecule has 1 aliphatic rings. The molecule has 0 aromatic heterocycles. The Labute approximate surface area is 176 Å².